The van der Waals surface area contributed by atoms with E-state index in [9.17, 15) is 0 Å². The maximum atomic E-state index is 6.20. The van der Waals surface area contributed by atoms with Crippen LogP contribution in [0.25, 0.3) is 11.1 Å². The number of hydrogen-bond acceptors (Lipinski definition) is 4. The normalized spacial score (nSPS) is 20.9. The minimum Gasteiger partial charge on any atom is -0.345 e. The maximum Gasteiger partial charge on any atom is 0.208 e. The molecule has 1 fully saturated rings. The first kappa shape index (κ1) is 20.5. The van der Waals surface area contributed by atoms with Crippen molar-refractivity contribution in [1.82, 2.24) is 4.90 Å². The summed E-state index contributed by atoms with van der Waals surface area (Å²) in [6, 6.07) is 18.9. The van der Waals surface area contributed by atoms with E-state index >= 15 is 0 Å². The molecule has 2 aromatic rings. The molecule has 25 heavy (non-hydrogen) atoms. The molecular weight excluding hydrogens is 398 g/mol. The number of ether oxygens (including phenoxy) is 2. The fourth-order valence-corrected chi connectivity index (χ4v) is 3.17. The third-order valence-electron chi connectivity index (χ3n) is 4.36. The van der Waals surface area contributed by atoms with Gasteiger partial charge >= 0.3 is 0 Å². The molecule has 0 radical (unpaired) electrons. The molecule has 3 nitrogen and oxygen atoms in total. The number of likely N-dealkylation sites (N-methyl/N-ethyl adjacent to an activating group) is 1. The Bertz CT molecular complexity index is 638. The number of hydrogen-bond donors (Lipinski definition) is 1. The van der Waals surface area contributed by atoms with Crippen LogP contribution in [0.15, 0.2) is 54.6 Å². The second-order valence-corrected chi connectivity index (χ2v) is 6.66. The number of thiol groups is 1. The molecular formula is C20H26BrNO2S. The zero-order valence-electron chi connectivity index (χ0n) is 14.6. The van der Waals surface area contributed by atoms with E-state index in [1.165, 1.54) is 11.1 Å². The first-order valence-electron chi connectivity index (χ1n) is 8.47. The first-order valence-corrected chi connectivity index (χ1v) is 9.10. The number of morpholine rings is 1. The molecule has 1 atom stereocenters. The Labute approximate surface area is 166 Å². The van der Waals surface area contributed by atoms with Crippen molar-refractivity contribution in [3.63, 3.8) is 0 Å². The van der Waals surface area contributed by atoms with Gasteiger partial charge in [-0.3, -0.25) is 4.90 Å². The Morgan fingerprint density at radius 2 is 1.76 bits per heavy atom. The molecule has 1 aliphatic heterocycles. The fraction of sp³-hybridized carbons (Fsp3) is 0.400. The molecule has 0 amide bonds. The quantitative estimate of drug-likeness (QED) is 0.550. The van der Waals surface area contributed by atoms with E-state index in [1.54, 1.807) is 0 Å². The average molecular weight is 424 g/mol. The van der Waals surface area contributed by atoms with Gasteiger partial charge in [-0.25, -0.2) is 0 Å². The number of nitrogens with zero attached hydrogens (tertiary/aromatic N) is 1. The van der Waals surface area contributed by atoms with Crippen LogP contribution in [0.2, 0.25) is 0 Å². The highest BCUT2D eigenvalue weighted by Crippen LogP contribution is 2.32. The van der Waals surface area contributed by atoms with E-state index in [1.807, 2.05) is 6.07 Å². The van der Waals surface area contributed by atoms with Crippen LogP contribution in [-0.4, -0.2) is 44.0 Å². The van der Waals surface area contributed by atoms with Crippen molar-refractivity contribution in [2.24, 2.45) is 0 Å². The molecule has 0 saturated carbocycles. The van der Waals surface area contributed by atoms with Crippen molar-refractivity contribution >= 4 is 29.6 Å². The largest absolute Gasteiger partial charge is 0.345 e. The zero-order chi connectivity index (χ0) is 16.8. The molecule has 1 unspecified atom stereocenters. The summed E-state index contributed by atoms with van der Waals surface area (Å²) in [7, 11) is 2.11. The van der Waals surface area contributed by atoms with Crippen molar-refractivity contribution in [3.8, 4) is 11.1 Å². The summed E-state index contributed by atoms with van der Waals surface area (Å²) in [5.74, 6) is 0.143. The highest BCUT2D eigenvalue weighted by Gasteiger charge is 2.38. The Balaban J connectivity index is 0.00000225. The van der Waals surface area contributed by atoms with Crippen LogP contribution in [0.1, 0.15) is 12.0 Å². The lowest BCUT2D eigenvalue weighted by Crippen LogP contribution is -2.50. The molecule has 2 aromatic carbocycles. The highest BCUT2D eigenvalue weighted by atomic mass is 79.9. The molecule has 3 rings (SSSR count). The molecule has 0 aliphatic carbocycles. The SMILES string of the molecule is Br.CN1CCOC(OCCCS)(c2ccc(-c3ccccc3)cc2)C1. The minimum atomic E-state index is -0.675. The van der Waals surface area contributed by atoms with Crippen LogP contribution in [0, 0.1) is 0 Å². The predicted molar refractivity (Wildman–Crippen MR) is 112 cm³/mol. The van der Waals surface area contributed by atoms with E-state index in [-0.39, 0.29) is 17.0 Å². The monoisotopic (exact) mass is 423 g/mol. The summed E-state index contributed by atoms with van der Waals surface area (Å²) >= 11 is 4.27. The Morgan fingerprint density at radius 3 is 2.40 bits per heavy atom. The summed E-state index contributed by atoms with van der Waals surface area (Å²) < 4.78 is 12.3. The third-order valence-corrected chi connectivity index (χ3v) is 4.67. The smallest absolute Gasteiger partial charge is 0.208 e. The van der Waals surface area contributed by atoms with E-state index in [2.05, 4.69) is 73.1 Å². The summed E-state index contributed by atoms with van der Waals surface area (Å²) in [4.78, 5) is 2.26. The molecule has 0 N–H and O–H groups in total. The van der Waals surface area contributed by atoms with Gasteiger partial charge < -0.3 is 9.47 Å². The van der Waals surface area contributed by atoms with Gasteiger partial charge in [-0.1, -0.05) is 54.6 Å². The van der Waals surface area contributed by atoms with Crippen LogP contribution in [0.5, 0.6) is 0 Å². The molecule has 1 saturated heterocycles. The number of benzene rings is 2. The lowest BCUT2D eigenvalue weighted by molar-refractivity contribution is -0.274. The van der Waals surface area contributed by atoms with Gasteiger partial charge in [0.1, 0.15) is 0 Å². The minimum absolute atomic E-state index is 0. The second kappa shape index (κ2) is 9.74. The molecule has 0 aromatic heterocycles. The molecule has 0 spiro atoms. The average Bonchev–Trinajstić information content (AvgIpc) is 2.63. The highest BCUT2D eigenvalue weighted by molar-refractivity contribution is 8.93. The van der Waals surface area contributed by atoms with Gasteiger partial charge in [-0.2, -0.15) is 12.6 Å². The van der Waals surface area contributed by atoms with Crippen LogP contribution < -0.4 is 0 Å². The summed E-state index contributed by atoms with van der Waals surface area (Å²) in [5.41, 5.74) is 3.50. The van der Waals surface area contributed by atoms with Gasteiger partial charge in [-0.05, 0) is 30.3 Å². The van der Waals surface area contributed by atoms with E-state index < -0.39 is 5.79 Å². The van der Waals surface area contributed by atoms with Gasteiger partial charge in [0.2, 0.25) is 5.79 Å². The van der Waals surface area contributed by atoms with Gasteiger partial charge in [0.15, 0.2) is 0 Å². The lowest BCUT2D eigenvalue weighted by atomic mass is 9.99. The van der Waals surface area contributed by atoms with Crippen LogP contribution in [0.4, 0.5) is 0 Å². The van der Waals surface area contributed by atoms with Crippen LogP contribution >= 0.6 is 29.6 Å². The fourth-order valence-electron chi connectivity index (χ4n) is 3.04. The molecule has 5 heteroatoms. The Morgan fingerprint density at radius 1 is 1.08 bits per heavy atom. The number of rotatable bonds is 6. The van der Waals surface area contributed by atoms with Gasteiger partial charge in [0.05, 0.1) is 19.8 Å². The van der Waals surface area contributed by atoms with E-state index in [0.29, 0.717) is 13.2 Å². The predicted octanol–water partition coefficient (Wildman–Crippen LogP) is 4.38. The van der Waals surface area contributed by atoms with Crippen LogP contribution in [-0.2, 0) is 15.3 Å². The van der Waals surface area contributed by atoms with Crippen molar-refractivity contribution in [2.45, 2.75) is 12.2 Å². The summed E-state index contributed by atoms with van der Waals surface area (Å²) in [6.45, 7) is 3.00. The lowest BCUT2D eigenvalue weighted by Gasteiger charge is -2.41. The molecule has 1 heterocycles. The number of halogens is 1. The van der Waals surface area contributed by atoms with Gasteiger partial charge in [-0.15, -0.1) is 17.0 Å². The summed E-state index contributed by atoms with van der Waals surface area (Å²) in [5, 5.41) is 0. The van der Waals surface area contributed by atoms with Crippen molar-refractivity contribution in [2.75, 3.05) is 39.1 Å². The standard InChI is InChI=1S/C20H25NO2S.BrH/c1-21-12-14-23-20(16-21,22-13-5-15-24)19-10-8-18(9-11-19)17-6-3-2-4-7-17;/h2-4,6-11,24H,5,12-16H2,1H3;1H. The Hall–Kier alpha value is -0.850. The van der Waals surface area contributed by atoms with E-state index in [4.69, 9.17) is 9.47 Å². The van der Waals surface area contributed by atoms with Crippen molar-refractivity contribution in [3.05, 3.63) is 60.2 Å². The molecule has 0 bridgehead atoms. The molecule has 1 aliphatic rings. The first-order chi connectivity index (χ1) is 11.7. The van der Waals surface area contributed by atoms with E-state index in [0.717, 1.165) is 30.8 Å². The molecule has 136 valence electrons. The summed E-state index contributed by atoms with van der Waals surface area (Å²) in [6.07, 6.45) is 0.917. The topological polar surface area (TPSA) is 21.7 Å². The van der Waals surface area contributed by atoms with Gasteiger partial charge in [0, 0.05) is 12.1 Å². The Kier molecular flexibility index (Phi) is 7.97. The van der Waals surface area contributed by atoms with Crippen LogP contribution in [0.3, 0.4) is 0 Å². The van der Waals surface area contributed by atoms with Crippen molar-refractivity contribution in [1.29, 1.82) is 0 Å². The van der Waals surface area contributed by atoms with Gasteiger partial charge in [0.25, 0.3) is 0 Å². The maximum absolute atomic E-state index is 6.20. The third kappa shape index (κ3) is 5.08. The zero-order valence-corrected chi connectivity index (χ0v) is 17.2. The van der Waals surface area contributed by atoms with Crippen molar-refractivity contribution < 1.29 is 9.47 Å². The second-order valence-electron chi connectivity index (χ2n) is 6.21.